The van der Waals surface area contributed by atoms with Crippen molar-refractivity contribution in [1.82, 2.24) is 0 Å². The van der Waals surface area contributed by atoms with Gasteiger partial charge in [0.2, 0.25) is 0 Å². The highest BCUT2D eigenvalue weighted by Crippen LogP contribution is 2.34. The Bertz CT molecular complexity index is 375. The van der Waals surface area contributed by atoms with E-state index in [4.69, 9.17) is 15.2 Å². The van der Waals surface area contributed by atoms with Crippen LogP contribution in [-0.4, -0.2) is 18.8 Å². The van der Waals surface area contributed by atoms with Gasteiger partial charge in [-0.05, 0) is 44.4 Å². The van der Waals surface area contributed by atoms with Gasteiger partial charge in [0.05, 0.1) is 18.2 Å². The first-order valence-electron chi connectivity index (χ1n) is 7.25. The smallest absolute Gasteiger partial charge is 0.119 e. The maximum atomic E-state index is 6.47. The molecule has 19 heavy (non-hydrogen) atoms. The molecule has 0 saturated carbocycles. The van der Waals surface area contributed by atoms with Crippen LogP contribution in [0.3, 0.4) is 0 Å². The largest absolute Gasteiger partial charge is 0.494 e. The minimum absolute atomic E-state index is 0.136. The Hall–Kier alpha value is -1.06. The molecular formula is C16H27NO2. The van der Waals surface area contributed by atoms with Gasteiger partial charge in [-0.25, -0.2) is 0 Å². The third-order valence-corrected chi connectivity index (χ3v) is 3.72. The number of hydrogen-bond donors (Lipinski definition) is 1. The second-order valence-electron chi connectivity index (χ2n) is 4.69. The number of rotatable bonds is 8. The highest BCUT2D eigenvalue weighted by Gasteiger charge is 2.35. The fraction of sp³-hybridized carbons (Fsp3) is 0.625. The summed E-state index contributed by atoms with van der Waals surface area (Å²) in [6.45, 7) is 9.60. The van der Waals surface area contributed by atoms with Crippen LogP contribution in [0.4, 0.5) is 0 Å². The summed E-state index contributed by atoms with van der Waals surface area (Å²) in [5.41, 5.74) is 7.25. The van der Waals surface area contributed by atoms with E-state index in [1.54, 1.807) is 0 Å². The number of hydrogen-bond acceptors (Lipinski definition) is 3. The van der Waals surface area contributed by atoms with Crippen molar-refractivity contribution in [2.24, 2.45) is 5.73 Å². The van der Waals surface area contributed by atoms with Crippen LogP contribution >= 0.6 is 0 Å². The third-order valence-electron chi connectivity index (χ3n) is 3.72. The molecule has 0 aliphatic rings. The van der Waals surface area contributed by atoms with Crippen LogP contribution in [0.2, 0.25) is 0 Å². The summed E-state index contributed by atoms with van der Waals surface area (Å²) >= 11 is 0. The van der Waals surface area contributed by atoms with E-state index in [9.17, 15) is 0 Å². The summed E-state index contributed by atoms with van der Waals surface area (Å²) in [5, 5.41) is 0. The second-order valence-corrected chi connectivity index (χ2v) is 4.69. The molecule has 1 aromatic carbocycles. The summed E-state index contributed by atoms with van der Waals surface area (Å²) in [5.74, 6) is 0.869. The second kappa shape index (κ2) is 7.51. The Morgan fingerprint density at radius 3 is 2.32 bits per heavy atom. The van der Waals surface area contributed by atoms with Crippen molar-refractivity contribution in [3.8, 4) is 5.75 Å². The predicted octanol–water partition coefficient (Wildman–Crippen LogP) is 3.68. The van der Waals surface area contributed by atoms with E-state index in [2.05, 4.69) is 13.8 Å². The van der Waals surface area contributed by atoms with Gasteiger partial charge in [0, 0.05) is 6.61 Å². The lowest BCUT2D eigenvalue weighted by Crippen LogP contribution is -2.43. The standard InChI is InChI=1S/C16H27NO2/c1-5-16(6-2,19-8-4)15(17)13-10-9-11-14(12-13)18-7-3/h9-12,15H,5-8,17H2,1-4H3. The van der Waals surface area contributed by atoms with Crippen LogP contribution in [0.15, 0.2) is 24.3 Å². The molecule has 0 heterocycles. The van der Waals surface area contributed by atoms with Crippen LogP contribution in [0, 0.1) is 0 Å². The van der Waals surface area contributed by atoms with Crippen molar-refractivity contribution in [1.29, 1.82) is 0 Å². The van der Waals surface area contributed by atoms with Crippen molar-refractivity contribution < 1.29 is 9.47 Å². The number of nitrogens with two attached hydrogens (primary N) is 1. The molecule has 0 aliphatic heterocycles. The molecule has 1 rings (SSSR count). The molecule has 1 atom stereocenters. The molecule has 0 amide bonds. The van der Waals surface area contributed by atoms with Gasteiger partial charge in [-0.2, -0.15) is 0 Å². The molecule has 0 saturated heterocycles. The Kier molecular flexibility index (Phi) is 6.32. The first-order chi connectivity index (χ1) is 9.13. The van der Waals surface area contributed by atoms with Gasteiger partial charge in [-0.15, -0.1) is 0 Å². The Balaban J connectivity index is 3.01. The average molecular weight is 265 g/mol. The van der Waals surface area contributed by atoms with Gasteiger partial charge < -0.3 is 15.2 Å². The molecule has 0 aliphatic carbocycles. The lowest BCUT2D eigenvalue weighted by Gasteiger charge is -2.37. The monoisotopic (exact) mass is 265 g/mol. The van der Waals surface area contributed by atoms with Crippen molar-refractivity contribution in [3.63, 3.8) is 0 Å². The molecule has 3 nitrogen and oxygen atoms in total. The van der Waals surface area contributed by atoms with Gasteiger partial charge in [0.15, 0.2) is 0 Å². The van der Waals surface area contributed by atoms with Gasteiger partial charge in [-0.3, -0.25) is 0 Å². The van der Waals surface area contributed by atoms with Crippen LogP contribution < -0.4 is 10.5 Å². The predicted molar refractivity (Wildman–Crippen MR) is 79.5 cm³/mol. The molecule has 2 N–H and O–H groups in total. The average Bonchev–Trinajstić information content (AvgIpc) is 2.45. The van der Waals surface area contributed by atoms with E-state index in [0.29, 0.717) is 13.2 Å². The minimum atomic E-state index is -0.292. The first kappa shape index (κ1) is 16.0. The van der Waals surface area contributed by atoms with E-state index < -0.39 is 0 Å². The third kappa shape index (κ3) is 3.71. The maximum absolute atomic E-state index is 6.47. The molecule has 3 heteroatoms. The molecule has 0 radical (unpaired) electrons. The van der Waals surface area contributed by atoms with Crippen molar-refractivity contribution in [2.45, 2.75) is 52.2 Å². The van der Waals surface area contributed by atoms with Crippen LogP contribution in [0.5, 0.6) is 5.75 Å². The van der Waals surface area contributed by atoms with Crippen molar-refractivity contribution in [3.05, 3.63) is 29.8 Å². The van der Waals surface area contributed by atoms with Gasteiger partial charge in [-0.1, -0.05) is 26.0 Å². The van der Waals surface area contributed by atoms with Crippen LogP contribution in [0.25, 0.3) is 0 Å². The Labute approximate surface area is 117 Å². The first-order valence-corrected chi connectivity index (χ1v) is 7.25. The zero-order valence-corrected chi connectivity index (χ0v) is 12.6. The highest BCUT2D eigenvalue weighted by molar-refractivity contribution is 5.32. The van der Waals surface area contributed by atoms with E-state index in [1.807, 2.05) is 38.1 Å². The molecule has 0 spiro atoms. The molecule has 0 fully saturated rings. The normalized spacial score (nSPS) is 13.3. The van der Waals surface area contributed by atoms with Crippen LogP contribution in [0.1, 0.15) is 52.1 Å². The zero-order valence-electron chi connectivity index (χ0n) is 12.6. The minimum Gasteiger partial charge on any atom is -0.494 e. The quantitative estimate of drug-likeness (QED) is 0.779. The van der Waals surface area contributed by atoms with E-state index >= 15 is 0 Å². The van der Waals surface area contributed by atoms with E-state index in [0.717, 1.165) is 24.2 Å². The lowest BCUT2D eigenvalue weighted by atomic mass is 9.84. The number of benzene rings is 1. The highest BCUT2D eigenvalue weighted by atomic mass is 16.5. The zero-order chi connectivity index (χ0) is 14.3. The summed E-state index contributed by atoms with van der Waals surface area (Å²) in [4.78, 5) is 0. The van der Waals surface area contributed by atoms with Crippen LogP contribution in [-0.2, 0) is 4.74 Å². The molecule has 0 bridgehead atoms. The van der Waals surface area contributed by atoms with Gasteiger partial charge >= 0.3 is 0 Å². The Morgan fingerprint density at radius 1 is 1.11 bits per heavy atom. The summed E-state index contributed by atoms with van der Waals surface area (Å²) in [6, 6.07) is 7.88. The van der Waals surface area contributed by atoms with Crippen molar-refractivity contribution in [2.75, 3.05) is 13.2 Å². The van der Waals surface area contributed by atoms with E-state index in [1.165, 1.54) is 0 Å². The summed E-state index contributed by atoms with van der Waals surface area (Å²) in [6.07, 6.45) is 1.80. The van der Waals surface area contributed by atoms with Gasteiger partial charge in [0.1, 0.15) is 5.75 Å². The SMILES string of the molecule is CCOc1cccc(C(N)C(CC)(CC)OCC)c1. The summed E-state index contributed by atoms with van der Waals surface area (Å²) < 4.78 is 11.5. The number of ether oxygens (including phenoxy) is 2. The molecule has 108 valence electrons. The Morgan fingerprint density at radius 2 is 1.79 bits per heavy atom. The molecule has 1 unspecified atom stereocenters. The molecule has 0 aromatic heterocycles. The van der Waals surface area contributed by atoms with Gasteiger partial charge in [0.25, 0.3) is 0 Å². The fourth-order valence-corrected chi connectivity index (χ4v) is 2.54. The van der Waals surface area contributed by atoms with E-state index in [-0.39, 0.29) is 11.6 Å². The topological polar surface area (TPSA) is 44.5 Å². The maximum Gasteiger partial charge on any atom is 0.119 e. The fourth-order valence-electron chi connectivity index (χ4n) is 2.54. The summed E-state index contributed by atoms with van der Waals surface area (Å²) in [7, 11) is 0. The van der Waals surface area contributed by atoms with Crippen molar-refractivity contribution >= 4 is 0 Å². The molecule has 1 aromatic rings. The molecular weight excluding hydrogens is 238 g/mol. The lowest BCUT2D eigenvalue weighted by molar-refractivity contribution is -0.0646.